The Bertz CT molecular complexity index is 1160. The summed E-state index contributed by atoms with van der Waals surface area (Å²) in [6.07, 6.45) is -3.68. The number of halogens is 3. The molecule has 0 saturated carbocycles. The largest absolute Gasteiger partial charge is 0.416 e. The molecule has 32 heavy (non-hydrogen) atoms. The second-order valence-electron chi connectivity index (χ2n) is 8.69. The summed E-state index contributed by atoms with van der Waals surface area (Å²) in [5, 5.41) is 22.4. The molecule has 170 valence electrons. The number of nitrogens with zero attached hydrogens (tertiary/aromatic N) is 4. The lowest BCUT2D eigenvalue weighted by Gasteiger charge is -2.47. The third kappa shape index (κ3) is 3.95. The number of alkyl halides is 3. The average Bonchev–Trinajstić information content (AvgIpc) is 2.72. The molecule has 3 aromatic rings. The van der Waals surface area contributed by atoms with Crippen molar-refractivity contribution >= 4 is 22.4 Å². The van der Waals surface area contributed by atoms with Gasteiger partial charge in [0.2, 0.25) is 0 Å². The first-order valence-electron chi connectivity index (χ1n) is 10.2. The molecule has 0 spiro atoms. The summed E-state index contributed by atoms with van der Waals surface area (Å²) in [6.45, 7) is 6.66. The highest BCUT2D eigenvalue weighted by Gasteiger charge is 2.39. The van der Waals surface area contributed by atoms with Crippen LogP contribution in [0.3, 0.4) is 0 Å². The number of aliphatic hydroxyl groups is 1. The predicted octanol–water partition coefficient (Wildman–Crippen LogP) is 3.55. The molecular weight excluding hydrogens is 421 g/mol. The number of fused-ring (bicyclic) bond motifs is 1. The van der Waals surface area contributed by atoms with Crippen LogP contribution in [0, 0.1) is 19.3 Å². The Labute approximate surface area is 183 Å². The van der Waals surface area contributed by atoms with E-state index in [0.717, 1.165) is 22.7 Å². The number of nitrogens with one attached hydrogen (secondary N) is 1. The summed E-state index contributed by atoms with van der Waals surface area (Å²) in [4.78, 5) is 6.56. The van der Waals surface area contributed by atoms with Crippen LogP contribution in [0.25, 0.3) is 10.8 Å². The Balaban J connectivity index is 1.68. The highest BCUT2D eigenvalue weighted by Crippen LogP contribution is 2.36. The standard InChI is InChI=1S/C22H25F3N6O/c1-12-14(5-4-6-17(12)22(23,24)25)19(26)28-20-15-7-18(31-9-21(3,10-31)11-32)27-8-16(15)13(2)29-30-20/h4-8,19,32H,9-11,26H2,1-3H3,(H,28,30)/t19-/m0/s1. The molecule has 0 radical (unpaired) electrons. The number of aryl methyl sites for hydroxylation is 1. The third-order valence-corrected chi connectivity index (χ3v) is 5.99. The van der Waals surface area contributed by atoms with Gasteiger partial charge in [-0.05, 0) is 37.1 Å². The molecule has 1 saturated heterocycles. The van der Waals surface area contributed by atoms with E-state index in [9.17, 15) is 18.3 Å². The Kier molecular flexibility index (Phi) is 5.46. The van der Waals surface area contributed by atoms with E-state index in [1.165, 1.54) is 13.0 Å². The molecule has 3 heterocycles. The number of benzene rings is 1. The molecule has 1 aliphatic rings. The first-order valence-corrected chi connectivity index (χ1v) is 10.2. The van der Waals surface area contributed by atoms with E-state index in [1.807, 2.05) is 24.8 Å². The van der Waals surface area contributed by atoms with Crippen LogP contribution in [0.5, 0.6) is 0 Å². The Hall–Kier alpha value is -2.98. The fraction of sp³-hybridized carbons (Fsp3) is 0.409. The van der Waals surface area contributed by atoms with Gasteiger partial charge in [-0.2, -0.15) is 18.3 Å². The molecule has 1 fully saturated rings. The van der Waals surface area contributed by atoms with Crippen molar-refractivity contribution in [1.82, 2.24) is 15.2 Å². The summed E-state index contributed by atoms with van der Waals surface area (Å²) in [6, 6.07) is 5.81. The van der Waals surface area contributed by atoms with Crippen LogP contribution in [0.4, 0.5) is 24.8 Å². The predicted molar refractivity (Wildman–Crippen MR) is 116 cm³/mol. The zero-order chi connectivity index (χ0) is 23.3. The third-order valence-electron chi connectivity index (χ3n) is 5.99. The fourth-order valence-electron chi connectivity index (χ4n) is 4.10. The minimum Gasteiger partial charge on any atom is -0.396 e. The van der Waals surface area contributed by atoms with Crippen LogP contribution in [0.15, 0.2) is 30.5 Å². The maximum atomic E-state index is 13.3. The van der Waals surface area contributed by atoms with Crippen LogP contribution in [0.2, 0.25) is 0 Å². The summed E-state index contributed by atoms with van der Waals surface area (Å²) in [5.41, 5.74) is 6.45. The molecule has 2 aromatic heterocycles. The molecule has 4 rings (SSSR count). The summed E-state index contributed by atoms with van der Waals surface area (Å²) < 4.78 is 39.9. The normalized spacial score (nSPS) is 16.7. The highest BCUT2D eigenvalue weighted by atomic mass is 19.4. The van der Waals surface area contributed by atoms with Crippen molar-refractivity contribution in [2.45, 2.75) is 33.1 Å². The SMILES string of the molecule is Cc1c([C@@H](N)Nc2nnc(C)c3cnc(N4CC(C)(CO)C4)cc23)cccc1C(F)(F)F. The maximum absolute atomic E-state index is 13.3. The van der Waals surface area contributed by atoms with E-state index >= 15 is 0 Å². The van der Waals surface area contributed by atoms with E-state index in [0.29, 0.717) is 30.2 Å². The maximum Gasteiger partial charge on any atom is 0.416 e. The summed E-state index contributed by atoms with van der Waals surface area (Å²) in [7, 11) is 0. The number of aliphatic hydroxyl groups excluding tert-OH is 1. The van der Waals surface area contributed by atoms with Crippen molar-refractivity contribution in [2.75, 3.05) is 29.9 Å². The van der Waals surface area contributed by atoms with Crippen LogP contribution in [-0.2, 0) is 6.18 Å². The minimum absolute atomic E-state index is 0.0654. The van der Waals surface area contributed by atoms with E-state index < -0.39 is 17.9 Å². The van der Waals surface area contributed by atoms with Crippen molar-refractivity contribution in [3.63, 3.8) is 0 Å². The highest BCUT2D eigenvalue weighted by molar-refractivity contribution is 5.94. The Morgan fingerprint density at radius 2 is 1.94 bits per heavy atom. The van der Waals surface area contributed by atoms with Crippen molar-refractivity contribution in [1.29, 1.82) is 0 Å². The van der Waals surface area contributed by atoms with Crippen molar-refractivity contribution in [3.05, 3.63) is 52.8 Å². The van der Waals surface area contributed by atoms with Gasteiger partial charge in [-0.25, -0.2) is 4.98 Å². The molecule has 0 amide bonds. The number of anilines is 2. The number of hydrogen-bond donors (Lipinski definition) is 3. The topological polar surface area (TPSA) is 100 Å². The van der Waals surface area contributed by atoms with Crippen molar-refractivity contribution in [3.8, 4) is 0 Å². The van der Waals surface area contributed by atoms with Gasteiger partial charge in [0.25, 0.3) is 0 Å². The van der Waals surface area contributed by atoms with E-state index in [-0.39, 0.29) is 17.6 Å². The number of nitrogens with two attached hydrogens (primary N) is 1. The van der Waals surface area contributed by atoms with Crippen LogP contribution in [0.1, 0.15) is 35.5 Å². The number of rotatable bonds is 5. The molecular formula is C22H25F3N6O. The number of aromatic nitrogens is 3. The molecule has 7 nitrogen and oxygen atoms in total. The first-order chi connectivity index (χ1) is 15.0. The van der Waals surface area contributed by atoms with E-state index in [4.69, 9.17) is 5.73 Å². The number of pyridine rings is 1. The van der Waals surface area contributed by atoms with Gasteiger partial charge in [-0.3, -0.25) is 0 Å². The van der Waals surface area contributed by atoms with Gasteiger partial charge in [0.15, 0.2) is 5.82 Å². The van der Waals surface area contributed by atoms with Gasteiger partial charge in [-0.15, -0.1) is 5.10 Å². The van der Waals surface area contributed by atoms with Gasteiger partial charge >= 0.3 is 6.18 Å². The molecule has 0 aliphatic carbocycles. The van der Waals surface area contributed by atoms with E-state index in [2.05, 4.69) is 20.5 Å². The van der Waals surface area contributed by atoms with Gasteiger partial charge < -0.3 is 21.1 Å². The summed E-state index contributed by atoms with van der Waals surface area (Å²) in [5.74, 6) is 1.09. The van der Waals surface area contributed by atoms with Crippen LogP contribution in [-0.4, -0.2) is 40.0 Å². The monoisotopic (exact) mass is 446 g/mol. The van der Waals surface area contributed by atoms with Gasteiger partial charge in [0.05, 0.1) is 17.9 Å². The van der Waals surface area contributed by atoms with Crippen molar-refractivity contribution in [2.24, 2.45) is 11.1 Å². The lowest BCUT2D eigenvalue weighted by Crippen LogP contribution is -2.57. The van der Waals surface area contributed by atoms with Crippen LogP contribution < -0.4 is 16.0 Å². The second-order valence-corrected chi connectivity index (χ2v) is 8.69. The quantitative estimate of drug-likeness (QED) is 0.516. The van der Waals surface area contributed by atoms with Gasteiger partial charge in [0.1, 0.15) is 12.0 Å². The molecule has 1 aromatic carbocycles. The minimum atomic E-state index is -4.46. The molecule has 1 aliphatic heterocycles. The number of hydrogen-bond acceptors (Lipinski definition) is 7. The lowest BCUT2D eigenvalue weighted by molar-refractivity contribution is -0.138. The molecule has 0 bridgehead atoms. The zero-order valence-electron chi connectivity index (χ0n) is 18.0. The zero-order valence-corrected chi connectivity index (χ0v) is 18.0. The van der Waals surface area contributed by atoms with Crippen LogP contribution >= 0.6 is 0 Å². The van der Waals surface area contributed by atoms with Gasteiger partial charge in [-0.1, -0.05) is 19.1 Å². The molecule has 10 heteroatoms. The fourth-order valence-corrected chi connectivity index (χ4v) is 4.10. The molecule has 0 unspecified atom stereocenters. The molecule has 1 atom stereocenters. The Morgan fingerprint density at radius 1 is 1.22 bits per heavy atom. The smallest absolute Gasteiger partial charge is 0.396 e. The first kappa shape index (κ1) is 22.2. The average molecular weight is 446 g/mol. The summed E-state index contributed by atoms with van der Waals surface area (Å²) >= 11 is 0. The van der Waals surface area contributed by atoms with Crippen molar-refractivity contribution < 1.29 is 18.3 Å². The lowest BCUT2D eigenvalue weighted by atomic mass is 9.83. The second kappa shape index (κ2) is 7.86. The van der Waals surface area contributed by atoms with Gasteiger partial charge in [0, 0.05) is 35.5 Å². The van der Waals surface area contributed by atoms with E-state index in [1.54, 1.807) is 12.3 Å². The molecule has 4 N–H and O–H groups in total. The Morgan fingerprint density at radius 3 is 2.59 bits per heavy atom.